The molecule has 25 heavy (non-hydrogen) atoms. The van der Waals surface area contributed by atoms with Crippen LogP contribution in [-0.4, -0.2) is 61.9 Å². The normalized spacial score (nSPS) is 22.7. The van der Waals surface area contributed by atoms with Gasteiger partial charge in [0.25, 0.3) is 0 Å². The summed E-state index contributed by atoms with van der Waals surface area (Å²) >= 11 is 0. The van der Waals surface area contributed by atoms with E-state index in [-0.39, 0.29) is 24.2 Å². The van der Waals surface area contributed by atoms with Gasteiger partial charge in [0.05, 0.1) is 17.7 Å². The van der Waals surface area contributed by atoms with Gasteiger partial charge in [0.2, 0.25) is 5.91 Å². The van der Waals surface area contributed by atoms with Gasteiger partial charge < -0.3 is 19.4 Å². The van der Waals surface area contributed by atoms with E-state index in [4.69, 9.17) is 14.0 Å². The third-order valence-corrected chi connectivity index (χ3v) is 5.20. The standard InChI is InChI=1S/C18H27BN2O4/c1-17(2)18(3,4)25-19(24-17)14-5-7-15(8-6-14)23-12-11-21-10-9-20-16(22)13-21/h5-8H,9-13H2,1-4H3,(H,20,22). The molecule has 3 rings (SSSR count). The summed E-state index contributed by atoms with van der Waals surface area (Å²) in [6.07, 6.45) is 0. The predicted octanol–water partition coefficient (Wildman–Crippen LogP) is 0.796. The van der Waals surface area contributed by atoms with Crippen LogP contribution in [-0.2, 0) is 14.1 Å². The van der Waals surface area contributed by atoms with Crippen molar-refractivity contribution in [1.29, 1.82) is 0 Å². The summed E-state index contributed by atoms with van der Waals surface area (Å²) in [5.41, 5.74) is 0.305. The van der Waals surface area contributed by atoms with Crippen LogP contribution in [0.3, 0.4) is 0 Å². The lowest BCUT2D eigenvalue weighted by Gasteiger charge is -2.32. The zero-order valence-corrected chi connectivity index (χ0v) is 15.5. The molecule has 0 spiro atoms. The minimum atomic E-state index is -0.356. The average molecular weight is 346 g/mol. The van der Waals surface area contributed by atoms with E-state index in [1.165, 1.54) is 0 Å². The Morgan fingerprint density at radius 2 is 1.80 bits per heavy atom. The number of piperazine rings is 1. The number of benzene rings is 1. The Kier molecular flexibility index (Phi) is 5.09. The number of ether oxygens (including phenoxy) is 1. The van der Waals surface area contributed by atoms with Crippen molar-refractivity contribution in [2.24, 2.45) is 0 Å². The summed E-state index contributed by atoms with van der Waals surface area (Å²) in [5.74, 6) is 0.889. The first-order valence-corrected chi connectivity index (χ1v) is 8.84. The van der Waals surface area contributed by atoms with E-state index in [9.17, 15) is 4.79 Å². The molecule has 0 aliphatic carbocycles. The number of amides is 1. The molecule has 1 aromatic carbocycles. The largest absolute Gasteiger partial charge is 0.494 e. The highest BCUT2D eigenvalue weighted by atomic mass is 16.7. The van der Waals surface area contributed by atoms with Gasteiger partial charge in [-0.15, -0.1) is 0 Å². The van der Waals surface area contributed by atoms with Crippen LogP contribution in [0.1, 0.15) is 27.7 Å². The number of nitrogens with one attached hydrogen (secondary N) is 1. The molecule has 1 amide bonds. The van der Waals surface area contributed by atoms with Gasteiger partial charge in [-0.2, -0.15) is 0 Å². The molecule has 2 aliphatic rings. The van der Waals surface area contributed by atoms with E-state index in [2.05, 4.69) is 10.2 Å². The molecule has 2 aliphatic heterocycles. The number of carbonyl (C=O) groups is 1. The summed E-state index contributed by atoms with van der Waals surface area (Å²) in [7, 11) is -0.356. The van der Waals surface area contributed by atoms with E-state index in [1.807, 2.05) is 52.0 Å². The van der Waals surface area contributed by atoms with Crippen LogP contribution in [0.2, 0.25) is 0 Å². The Morgan fingerprint density at radius 1 is 1.16 bits per heavy atom. The molecule has 1 N–H and O–H groups in total. The first-order chi connectivity index (χ1) is 11.8. The zero-order chi connectivity index (χ0) is 18.1. The number of hydrogen-bond acceptors (Lipinski definition) is 5. The molecule has 0 radical (unpaired) electrons. The van der Waals surface area contributed by atoms with Gasteiger partial charge in [0, 0.05) is 19.6 Å². The Bertz CT molecular complexity index is 602. The fourth-order valence-electron chi connectivity index (χ4n) is 2.88. The predicted molar refractivity (Wildman–Crippen MR) is 97.1 cm³/mol. The molecule has 0 aromatic heterocycles. The minimum Gasteiger partial charge on any atom is -0.492 e. The third kappa shape index (κ3) is 4.16. The van der Waals surface area contributed by atoms with Crippen LogP contribution in [0, 0.1) is 0 Å². The monoisotopic (exact) mass is 346 g/mol. The topological polar surface area (TPSA) is 60.0 Å². The minimum absolute atomic E-state index is 0.0815. The summed E-state index contributed by atoms with van der Waals surface area (Å²) in [4.78, 5) is 13.4. The quantitative estimate of drug-likeness (QED) is 0.799. The Labute approximate surface area is 150 Å². The van der Waals surface area contributed by atoms with Crippen molar-refractivity contribution in [2.75, 3.05) is 32.8 Å². The maximum Gasteiger partial charge on any atom is 0.494 e. The second-order valence-corrected chi connectivity index (χ2v) is 7.63. The van der Waals surface area contributed by atoms with Crippen LogP contribution in [0.5, 0.6) is 5.75 Å². The van der Waals surface area contributed by atoms with E-state index in [0.29, 0.717) is 19.7 Å². The summed E-state index contributed by atoms with van der Waals surface area (Å²) in [5, 5.41) is 2.82. The highest BCUT2D eigenvalue weighted by Gasteiger charge is 2.51. The molecule has 0 atom stereocenters. The number of hydrogen-bond donors (Lipinski definition) is 1. The van der Waals surface area contributed by atoms with Crippen LogP contribution >= 0.6 is 0 Å². The summed E-state index contributed by atoms with van der Waals surface area (Å²) < 4.78 is 17.9. The van der Waals surface area contributed by atoms with Gasteiger partial charge >= 0.3 is 7.12 Å². The van der Waals surface area contributed by atoms with Crippen LogP contribution in [0.4, 0.5) is 0 Å². The summed E-state index contributed by atoms with van der Waals surface area (Å²) in [6, 6.07) is 7.82. The maximum atomic E-state index is 11.3. The zero-order valence-electron chi connectivity index (χ0n) is 15.5. The molecule has 0 bridgehead atoms. The van der Waals surface area contributed by atoms with Crippen molar-refractivity contribution >= 4 is 18.5 Å². The van der Waals surface area contributed by atoms with Gasteiger partial charge in [0.1, 0.15) is 12.4 Å². The number of rotatable bonds is 5. The lowest BCUT2D eigenvalue weighted by molar-refractivity contribution is -0.124. The van der Waals surface area contributed by atoms with E-state index < -0.39 is 0 Å². The molecule has 0 saturated carbocycles. The Morgan fingerprint density at radius 3 is 2.40 bits per heavy atom. The molecule has 7 heteroatoms. The van der Waals surface area contributed by atoms with E-state index in [1.54, 1.807) is 0 Å². The number of carbonyl (C=O) groups excluding carboxylic acids is 1. The highest BCUT2D eigenvalue weighted by molar-refractivity contribution is 6.62. The van der Waals surface area contributed by atoms with Gasteiger partial charge in [0.15, 0.2) is 0 Å². The van der Waals surface area contributed by atoms with Crippen molar-refractivity contribution in [3.05, 3.63) is 24.3 Å². The molecule has 6 nitrogen and oxygen atoms in total. The Balaban J connectivity index is 1.50. The SMILES string of the molecule is CC1(C)OB(c2ccc(OCCN3CCNC(=O)C3)cc2)OC1(C)C. The maximum absolute atomic E-state index is 11.3. The average Bonchev–Trinajstić information content (AvgIpc) is 2.76. The van der Waals surface area contributed by atoms with Crippen LogP contribution < -0.4 is 15.5 Å². The molecule has 0 unspecified atom stereocenters. The lowest BCUT2D eigenvalue weighted by atomic mass is 9.79. The molecule has 1 aromatic rings. The van der Waals surface area contributed by atoms with Gasteiger partial charge in [-0.1, -0.05) is 12.1 Å². The van der Waals surface area contributed by atoms with E-state index >= 15 is 0 Å². The Hall–Kier alpha value is -1.57. The molecule has 2 saturated heterocycles. The van der Waals surface area contributed by atoms with Crippen molar-refractivity contribution in [3.8, 4) is 5.75 Å². The van der Waals surface area contributed by atoms with Crippen LogP contribution in [0.25, 0.3) is 0 Å². The highest BCUT2D eigenvalue weighted by Crippen LogP contribution is 2.36. The molecule has 136 valence electrons. The molecule has 2 fully saturated rings. The molecular formula is C18H27BN2O4. The van der Waals surface area contributed by atoms with Crippen molar-refractivity contribution in [1.82, 2.24) is 10.2 Å². The smallest absolute Gasteiger partial charge is 0.492 e. The second-order valence-electron chi connectivity index (χ2n) is 7.63. The van der Waals surface area contributed by atoms with E-state index in [0.717, 1.165) is 24.3 Å². The van der Waals surface area contributed by atoms with Crippen molar-refractivity contribution < 1.29 is 18.8 Å². The van der Waals surface area contributed by atoms with Crippen molar-refractivity contribution in [3.63, 3.8) is 0 Å². The van der Waals surface area contributed by atoms with Gasteiger partial charge in [-0.05, 0) is 45.3 Å². The second kappa shape index (κ2) is 6.98. The fraction of sp³-hybridized carbons (Fsp3) is 0.611. The lowest BCUT2D eigenvalue weighted by Crippen LogP contribution is -2.48. The van der Waals surface area contributed by atoms with Gasteiger partial charge in [-0.25, -0.2) is 0 Å². The molecule has 2 heterocycles. The first kappa shape index (κ1) is 18.2. The molecular weight excluding hydrogens is 319 g/mol. The van der Waals surface area contributed by atoms with Gasteiger partial charge in [-0.3, -0.25) is 9.69 Å². The van der Waals surface area contributed by atoms with Crippen LogP contribution in [0.15, 0.2) is 24.3 Å². The summed E-state index contributed by atoms with van der Waals surface area (Å²) in [6.45, 7) is 11.5. The third-order valence-electron chi connectivity index (χ3n) is 5.20. The number of nitrogens with zero attached hydrogens (tertiary/aromatic N) is 1. The van der Waals surface area contributed by atoms with Crippen molar-refractivity contribution in [2.45, 2.75) is 38.9 Å². The first-order valence-electron chi connectivity index (χ1n) is 8.84. The fourth-order valence-corrected chi connectivity index (χ4v) is 2.88.